The van der Waals surface area contributed by atoms with Crippen molar-refractivity contribution in [3.63, 3.8) is 0 Å². The van der Waals surface area contributed by atoms with Gasteiger partial charge in [-0.2, -0.15) is 0 Å². The predicted molar refractivity (Wildman–Crippen MR) is 70.9 cm³/mol. The lowest BCUT2D eigenvalue weighted by atomic mass is 10.1. The highest BCUT2D eigenvalue weighted by Gasteiger charge is 2.18. The third-order valence-electron chi connectivity index (χ3n) is 3.40. The van der Waals surface area contributed by atoms with E-state index in [1.165, 1.54) is 0 Å². The first kappa shape index (κ1) is 12.8. The van der Waals surface area contributed by atoms with E-state index in [9.17, 15) is 4.79 Å². The topological polar surface area (TPSA) is 101 Å². The molecule has 2 aromatic rings. The summed E-state index contributed by atoms with van der Waals surface area (Å²) in [4.78, 5) is 18.9. The number of piperidine rings is 1. The van der Waals surface area contributed by atoms with Gasteiger partial charge >= 0.3 is 0 Å². The van der Waals surface area contributed by atoms with Gasteiger partial charge in [0.1, 0.15) is 5.82 Å². The maximum atomic E-state index is 12.0. The van der Waals surface area contributed by atoms with Crippen LogP contribution in [0.3, 0.4) is 0 Å². The van der Waals surface area contributed by atoms with Gasteiger partial charge < -0.3 is 15.6 Å². The fourth-order valence-corrected chi connectivity index (χ4v) is 2.28. The number of imidazole rings is 1. The van der Waals surface area contributed by atoms with E-state index in [1.807, 2.05) is 0 Å². The quantitative estimate of drug-likeness (QED) is 0.721. The first-order valence-corrected chi connectivity index (χ1v) is 6.72. The lowest BCUT2D eigenvalue weighted by Crippen LogP contribution is -2.29. The minimum atomic E-state index is -0.235. The molecule has 1 saturated heterocycles. The van der Waals surface area contributed by atoms with Crippen LogP contribution < -0.4 is 10.6 Å². The number of aromatic amines is 1. The molecule has 0 radical (unpaired) electrons. The fraction of sp³-hybridized carbons (Fsp3) is 0.500. The standard InChI is InChI=1S/C12H17N7O/c20-12(16-7-11-14-5-6-15-11)10-8-19(18-17-10)9-1-3-13-4-2-9/h5-6,8-9,13H,1-4,7H2,(H,14,15)(H,16,20). The number of nitrogens with zero attached hydrogens (tertiary/aromatic N) is 4. The summed E-state index contributed by atoms with van der Waals surface area (Å²) in [6, 6.07) is 0.329. The molecular formula is C12H17N7O. The highest BCUT2D eigenvalue weighted by atomic mass is 16.2. The molecule has 106 valence electrons. The van der Waals surface area contributed by atoms with E-state index in [1.54, 1.807) is 23.3 Å². The van der Waals surface area contributed by atoms with Crippen molar-refractivity contribution in [2.24, 2.45) is 0 Å². The van der Waals surface area contributed by atoms with Crippen LogP contribution in [0.2, 0.25) is 0 Å². The number of rotatable bonds is 4. The zero-order chi connectivity index (χ0) is 13.8. The Balaban J connectivity index is 1.59. The summed E-state index contributed by atoms with van der Waals surface area (Å²) in [5.41, 5.74) is 0.343. The highest BCUT2D eigenvalue weighted by Crippen LogP contribution is 2.16. The number of nitrogens with one attached hydrogen (secondary N) is 3. The van der Waals surface area contributed by atoms with Crippen LogP contribution in [0.5, 0.6) is 0 Å². The second kappa shape index (κ2) is 5.83. The molecule has 8 heteroatoms. The number of aromatic nitrogens is 5. The molecule has 2 aromatic heterocycles. The molecule has 8 nitrogen and oxygen atoms in total. The zero-order valence-corrected chi connectivity index (χ0v) is 11.0. The van der Waals surface area contributed by atoms with Crippen molar-refractivity contribution in [1.82, 2.24) is 35.6 Å². The molecule has 3 rings (SSSR count). The molecule has 3 heterocycles. The average Bonchev–Trinajstić information content (AvgIpc) is 3.17. The Kier molecular flexibility index (Phi) is 3.73. The second-order valence-corrected chi connectivity index (χ2v) is 4.78. The van der Waals surface area contributed by atoms with Gasteiger partial charge in [-0.3, -0.25) is 4.79 Å². The molecule has 0 atom stereocenters. The van der Waals surface area contributed by atoms with Gasteiger partial charge in [-0.1, -0.05) is 5.21 Å². The van der Waals surface area contributed by atoms with Crippen LogP contribution in [0.25, 0.3) is 0 Å². The molecule has 1 aliphatic rings. The molecule has 1 aliphatic heterocycles. The van der Waals surface area contributed by atoms with Crippen LogP contribution >= 0.6 is 0 Å². The number of H-pyrrole nitrogens is 1. The van der Waals surface area contributed by atoms with Gasteiger partial charge in [0.2, 0.25) is 0 Å². The Hall–Kier alpha value is -2.22. The van der Waals surface area contributed by atoms with E-state index in [-0.39, 0.29) is 5.91 Å². The number of carbonyl (C=O) groups excluding carboxylic acids is 1. The van der Waals surface area contributed by atoms with Gasteiger partial charge in [-0.05, 0) is 25.9 Å². The van der Waals surface area contributed by atoms with Crippen molar-refractivity contribution < 1.29 is 4.79 Å². The van der Waals surface area contributed by atoms with E-state index >= 15 is 0 Å². The third-order valence-corrected chi connectivity index (χ3v) is 3.40. The van der Waals surface area contributed by atoms with Crippen LogP contribution in [0, 0.1) is 0 Å². The normalized spacial score (nSPS) is 16.2. The summed E-state index contributed by atoms with van der Waals surface area (Å²) in [6.07, 6.45) is 7.10. The van der Waals surface area contributed by atoms with Crippen molar-refractivity contribution in [1.29, 1.82) is 0 Å². The molecule has 0 aromatic carbocycles. The Morgan fingerprint density at radius 2 is 2.30 bits per heavy atom. The van der Waals surface area contributed by atoms with E-state index < -0.39 is 0 Å². The molecule has 1 amide bonds. The maximum absolute atomic E-state index is 12.0. The summed E-state index contributed by atoms with van der Waals surface area (Å²) < 4.78 is 1.79. The summed E-state index contributed by atoms with van der Waals surface area (Å²) in [7, 11) is 0. The van der Waals surface area contributed by atoms with Gasteiger partial charge in [-0.25, -0.2) is 9.67 Å². The average molecular weight is 275 g/mol. The molecule has 0 spiro atoms. The van der Waals surface area contributed by atoms with Gasteiger partial charge in [0.15, 0.2) is 5.69 Å². The first-order chi connectivity index (χ1) is 9.83. The summed E-state index contributed by atoms with van der Waals surface area (Å²) in [6.45, 7) is 2.31. The van der Waals surface area contributed by atoms with Gasteiger partial charge in [0.25, 0.3) is 5.91 Å². The van der Waals surface area contributed by atoms with Crippen LogP contribution in [-0.2, 0) is 6.54 Å². The van der Waals surface area contributed by atoms with E-state index in [0.29, 0.717) is 24.1 Å². The van der Waals surface area contributed by atoms with Gasteiger partial charge in [0.05, 0.1) is 18.8 Å². The number of amides is 1. The van der Waals surface area contributed by atoms with Crippen molar-refractivity contribution in [3.8, 4) is 0 Å². The maximum Gasteiger partial charge on any atom is 0.273 e. The second-order valence-electron chi connectivity index (χ2n) is 4.78. The molecule has 3 N–H and O–H groups in total. The monoisotopic (exact) mass is 275 g/mol. The van der Waals surface area contributed by atoms with Crippen molar-refractivity contribution in [2.75, 3.05) is 13.1 Å². The number of carbonyl (C=O) groups is 1. The molecule has 20 heavy (non-hydrogen) atoms. The van der Waals surface area contributed by atoms with E-state index in [2.05, 4.69) is 30.9 Å². The smallest absolute Gasteiger partial charge is 0.273 e. The summed E-state index contributed by atoms with van der Waals surface area (Å²) in [5.74, 6) is 0.477. The van der Waals surface area contributed by atoms with Crippen LogP contribution in [0.4, 0.5) is 0 Å². The summed E-state index contributed by atoms with van der Waals surface area (Å²) >= 11 is 0. The molecule has 0 saturated carbocycles. The minimum absolute atomic E-state index is 0.235. The van der Waals surface area contributed by atoms with Crippen LogP contribution in [0.15, 0.2) is 18.6 Å². The van der Waals surface area contributed by atoms with Gasteiger partial charge in [0, 0.05) is 12.4 Å². The summed E-state index contributed by atoms with van der Waals surface area (Å²) in [5, 5.41) is 14.1. The molecule has 0 aliphatic carbocycles. The zero-order valence-electron chi connectivity index (χ0n) is 11.0. The Morgan fingerprint density at radius 1 is 1.45 bits per heavy atom. The lowest BCUT2D eigenvalue weighted by Gasteiger charge is -2.22. The molecule has 0 unspecified atom stereocenters. The van der Waals surface area contributed by atoms with Crippen LogP contribution in [-0.4, -0.2) is 44.0 Å². The van der Waals surface area contributed by atoms with E-state index in [0.717, 1.165) is 25.9 Å². The molecule has 0 bridgehead atoms. The van der Waals surface area contributed by atoms with E-state index in [4.69, 9.17) is 0 Å². The number of hydrogen-bond donors (Lipinski definition) is 3. The first-order valence-electron chi connectivity index (χ1n) is 6.72. The van der Waals surface area contributed by atoms with Crippen LogP contribution in [0.1, 0.15) is 35.2 Å². The third kappa shape index (κ3) is 2.85. The molecule has 1 fully saturated rings. The Morgan fingerprint density at radius 3 is 3.05 bits per heavy atom. The van der Waals surface area contributed by atoms with Gasteiger partial charge in [-0.15, -0.1) is 5.10 Å². The Labute approximate surface area is 116 Å². The van der Waals surface area contributed by atoms with Crippen molar-refractivity contribution >= 4 is 5.91 Å². The minimum Gasteiger partial charge on any atom is -0.347 e. The predicted octanol–water partition coefficient (Wildman–Crippen LogP) is -0.144. The van der Waals surface area contributed by atoms with Crippen molar-refractivity contribution in [3.05, 3.63) is 30.1 Å². The number of hydrogen-bond acceptors (Lipinski definition) is 5. The molecular weight excluding hydrogens is 258 g/mol. The highest BCUT2D eigenvalue weighted by molar-refractivity contribution is 5.91. The fourth-order valence-electron chi connectivity index (χ4n) is 2.28. The Bertz CT molecular complexity index is 556. The lowest BCUT2D eigenvalue weighted by molar-refractivity contribution is 0.0945. The SMILES string of the molecule is O=C(NCc1ncc[nH]1)c1cn(C2CCNCC2)nn1. The van der Waals surface area contributed by atoms with Crippen molar-refractivity contribution in [2.45, 2.75) is 25.4 Å². The largest absolute Gasteiger partial charge is 0.347 e.